The average Bonchev–Trinajstić information content (AvgIpc) is 2.31. The highest BCUT2D eigenvalue weighted by Crippen LogP contribution is 2.25. The number of rotatable bonds is 3. The predicted octanol–water partition coefficient (Wildman–Crippen LogP) is 2.77. The Bertz CT molecular complexity index is 195. The van der Waals surface area contributed by atoms with E-state index >= 15 is 0 Å². The summed E-state index contributed by atoms with van der Waals surface area (Å²) in [6, 6.07) is 0. The second kappa shape index (κ2) is 3.98. The van der Waals surface area contributed by atoms with E-state index in [0.29, 0.717) is 0 Å². The lowest BCUT2D eigenvalue weighted by molar-refractivity contribution is 1.20. The van der Waals surface area contributed by atoms with Gasteiger partial charge >= 0.3 is 0 Å². The molecule has 10 heavy (non-hydrogen) atoms. The van der Waals surface area contributed by atoms with Crippen LogP contribution in [0.4, 0.5) is 0 Å². The molecule has 0 amide bonds. The summed E-state index contributed by atoms with van der Waals surface area (Å²) >= 11 is 3.56. The van der Waals surface area contributed by atoms with Gasteiger partial charge in [0.15, 0.2) is 0 Å². The third-order valence-electron chi connectivity index (χ3n) is 1.08. The molecular formula is C7H10NS2. The maximum Gasteiger partial charge on any atom is 0.0827 e. The summed E-state index contributed by atoms with van der Waals surface area (Å²) < 4.78 is 1.34. The topological polar surface area (TPSA) is 12.9 Å². The minimum Gasteiger partial charge on any atom is -0.249 e. The molecule has 0 saturated carbocycles. The summed E-state index contributed by atoms with van der Waals surface area (Å²) in [6.07, 6.45) is 0.988. The highest BCUT2D eigenvalue weighted by Gasteiger charge is 1.99. The summed E-state index contributed by atoms with van der Waals surface area (Å²) in [5.74, 6) is 1.10. The molecule has 3 heteroatoms. The first-order chi connectivity index (χ1) is 4.84. The van der Waals surface area contributed by atoms with Crippen LogP contribution in [-0.2, 0) is 0 Å². The molecule has 0 bridgehead atoms. The first-order valence-corrected chi connectivity index (χ1v) is 5.03. The molecule has 55 valence electrons. The number of thioether (sulfide) groups is 1. The van der Waals surface area contributed by atoms with Crippen LogP contribution in [0.5, 0.6) is 0 Å². The molecule has 1 nitrogen and oxygen atoms in total. The number of nitrogens with zero attached hydrogens (tertiary/aromatic N) is 1. The van der Waals surface area contributed by atoms with Gasteiger partial charge in [0.25, 0.3) is 0 Å². The van der Waals surface area contributed by atoms with E-state index in [9.17, 15) is 0 Å². The Hall–Kier alpha value is -0.0200. The van der Waals surface area contributed by atoms with Gasteiger partial charge in [0.05, 0.1) is 15.4 Å². The first-order valence-electron chi connectivity index (χ1n) is 3.16. The monoisotopic (exact) mass is 172 g/mol. The Morgan fingerprint density at radius 2 is 2.60 bits per heavy atom. The van der Waals surface area contributed by atoms with Crippen LogP contribution in [0.2, 0.25) is 0 Å². The van der Waals surface area contributed by atoms with E-state index < -0.39 is 0 Å². The van der Waals surface area contributed by atoms with Gasteiger partial charge in [-0.15, -0.1) is 23.1 Å². The van der Waals surface area contributed by atoms with E-state index in [4.69, 9.17) is 0 Å². The summed E-state index contributed by atoms with van der Waals surface area (Å²) in [4.78, 5) is 4.15. The SMILES string of the molecule is [CH2]CCSc1scnc1C. The van der Waals surface area contributed by atoms with Gasteiger partial charge in [-0.3, -0.25) is 0 Å². The van der Waals surface area contributed by atoms with E-state index in [1.165, 1.54) is 4.21 Å². The van der Waals surface area contributed by atoms with Crippen molar-refractivity contribution in [3.8, 4) is 0 Å². The highest BCUT2D eigenvalue weighted by molar-refractivity contribution is 8.01. The predicted molar refractivity (Wildman–Crippen MR) is 47.5 cm³/mol. The first kappa shape index (κ1) is 8.08. The fourth-order valence-corrected chi connectivity index (χ4v) is 2.37. The smallest absolute Gasteiger partial charge is 0.0827 e. The minimum atomic E-state index is 0.988. The summed E-state index contributed by atoms with van der Waals surface area (Å²) in [5.41, 5.74) is 3.05. The normalized spacial score (nSPS) is 10.2. The largest absolute Gasteiger partial charge is 0.249 e. The molecule has 0 unspecified atom stereocenters. The Balaban J connectivity index is 2.49. The van der Waals surface area contributed by atoms with Gasteiger partial charge in [0, 0.05) is 0 Å². The van der Waals surface area contributed by atoms with Crippen molar-refractivity contribution in [2.75, 3.05) is 5.75 Å². The Kier molecular flexibility index (Phi) is 3.22. The molecule has 1 aromatic heterocycles. The van der Waals surface area contributed by atoms with Crippen LogP contribution in [-0.4, -0.2) is 10.7 Å². The molecule has 0 atom stereocenters. The van der Waals surface area contributed by atoms with Crippen molar-refractivity contribution in [1.82, 2.24) is 4.98 Å². The van der Waals surface area contributed by atoms with Crippen LogP contribution in [0.15, 0.2) is 9.72 Å². The van der Waals surface area contributed by atoms with Gasteiger partial charge in [-0.2, -0.15) is 0 Å². The molecule has 1 aromatic rings. The van der Waals surface area contributed by atoms with E-state index in [-0.39, 0.29) is 0 Å². The maximum atomic E-state index is 4.15. The standard InChI is InChI=1S/C7H10NS2/c1-3-4-9-7-6(2)8-5-10-7/h5H,1,3-4H2,2H3. The fraction of sp³-hybridized carbons (Fsp3) is 0.429. The number of aromatic nitrogens is 1. The van der Waals surface area contributed by atoms with Crippen molar-refractivity contribution in [2.24, 2.45) is 0 Å². The molecular weight excluding hydrogens is 162 g/mol. The number of thiazole rings is 1. The van der Waals surface area contributed by atoms with Gasteiger partial charge in [-0.05, 0) is 19.1 Å². The van der Waals surface area contributed by atoms with Crippen molar-refractivity contribution in [3.05, 3.63) is 18.1 Å². The van der Waals surface area contributed by atoms with Crippen molar-refractivity contribution in [1.29, 1.82) is 0 Å². The molecule has 1 heterocycles. The lowest BCUT2D eigenvalue weighted by atomic mass is 10.6. The van der Waals surface area contributed by atoms with Gasteiger partial charge in [-0.1, -0.05) is 6.92 Å². The van der Waals surface area contributed by atoms with Crippen molar-refractivity contribution < 1.29 is 0 Å². The summed E-state index contributed by atoms with van der Waals surface area (Å²) in [7, 11) is 0. The third-order valence-corrected chi connectivity index (χ3v) is 3.49. The quantitative estimate of drug-likeness (QED) is 0.650. The lowest BCUT2D eigenvalue weighted by Crippen LogP contribution is -1.75. The van der Waals surface area contributed by atoms with Crippen LogP contribution in [0.3, 0.4) is 0 Å². The molecule has 0 N–H and O–H groups in total. The van der Waals surface area contributed by atoms with Gasteiger partial charge in [0.1, 0.15) is 0 Å². The third kappa shape index (κ3) is 1.99. The fourth-order valence-electron chi connectivity index (χ4n) is 0.595. The summed E-state index contributed by atoms with van der Waals surface area (Å²) in [5, 5.41) is 0. The van der Waals surface area contributed by atoms with E-state index in [1.54, 1.807) is 11.3 Å². The van der Waals surface area contributed by atoms with Crippen LogP contribution < -0.4 is 0 Å². The molecule has 1 radical (unpaired) electrons. The second-order valence-corrected chi connectivity index (χ2v) is 4.15. The number of hydrogen-bond acceptors (Lipinski definition) is 3. The molecule has 0 saturated heterocycles. The van der Waals surface area contributed by atoms with Crippen molar-refractivity contribution in [3.63, 3.8) is 0 Å². The van der Waals surface area contributed by atoms with E-state index in [2.05, 4.69) is 11.9 Å². The van der Waals surface area contributed by atoms with E-state index in [0.717, 1.165) is 17.9 Å². The van der Waals surface area contributed by atoms with Crippen LogP contribution in [0, 0.1) is 13.8 Å². The highest BCUT2D eigenvalue weighted by atomic mass is 32.2. The molecule has 0 fully saturated rings. The molecule has 0 aliphatic rings. The van der Waals surface area contributed by atoms with Gasteiger partial charge in [-0.25, -0.2) is 4.98 Å². The Morgan fingerprint density at radius 1 is 1.80 bits per heavy atom. The van der Waals surface area contributed by atoms with Crippen molar-refractivity contribution in [2.45, 2.75) is 17.6 Å². The van der Waals surface area contributed by atoms with Gasteiger partial charge < -0.3 is 0 Å². The second-order valence-electron chi connectivity index (χ2n) is 1.93. The maximum absolute atomic E-state index is 4.15. The summed E-state index contributed by atoms with van der Waals surface area (Å²) in [6.45, 7) is 5.82. The molecule has 0 spiro atoms. The van der Waals surface area contributed by atoms with Crippen LogP contribution in [0.1, 0.15) is 12.1 Å². The zero-order valence-corrected chi connectivity index (χ0v) is 7.60. The van der Waals surface area contributed by atoms with Crippen LogP contribution >= 0.6 is 23.1 Å². The number of aryl methyl sites for hydroxylation is 1. The molecule has 0 aliphatic carbocycles. The minimum absolute atomic E-state index is 0.988. The van der Waals surface area contributed by atoms with Crippen LogP contribution in [0.25, 0.3) is 0 Å². The lowest BCUT2D eigenvalue weighted by Gasteiger charge is -1.93. The zero-order valence-electron chi connectivity index (χ0n) is 5.96. The van der Waals surface area contributed by atoms with E-state index in [1.807, 2.05) is 24.2 Å². The Morgan fingerprint density at radius 3 is 3.10 bits per heavy atom. The average molecular weight is 172 g/mol. The Labute approximate surface area is 69.9 Å². The van der Waals surface area contributed by atoms with Crippen molar-refractivity contribution >= 4 is 23.1 Å². The molecule has 0 aliphatic heterocycles. The van der Waals surface area contributed by atoms with Gasteiger partial charge in [0.2, 0.25) is 0 Å². The number of hydrogen-bond donors (Lipinski definition) is 0. The zero-order chi connectivity index (χ0) is 7.40. The molecule has 1 rings (SSSR count). The molecule has 0 aromatic carbocycles.